The maximum atomic E-state index is 13.9. The molecule has 27 heavy (non-hydrogen) atoms. The van der Waals surface area contributed by atoms with E-state index in [-0.39, 0.29) is 36.5 Å². The number of hydrogen-bond acceptors (Lipinski definition) is 2. The van der Waals surface area contributed by atoms with Crippen LogP contribution in [0.4, 0.5) is 4.39 Å². The third-order valence-corrected chi connectivity index (χ3v) is 5.34. The number of carbonyl (C=O) groups is 2. The summed E-state index contributed by atoms with van der Waals surface area (Å²) in [5.41, 5.74) is 2.66. The van der Waals surface area contributed by atoms with Gasteiger partial charge in [0.2, 0.25) is 11.8 Å². The van der Waals surface area contributed by atoms with Gasteiger partial charge in [0.25, 0.3) is 0 Å². The SMILES string of the molecule is Cc1ccc(CN2CC(C(=O)N(C)Cc3cc(Br)ccc3F)CC2=O)cc1. The summed E-state index contributed by atoms with van der Waals surface area (Å²) in [7, 11) is 1.65. The van der Waals surface area contributed by atoms with Crippen molar-refractivity contribution in [3.63, 3.8) is 0 Å². The molecule has 0 N–H and O–H groups in total. The molecule has 1 unspecified atom stereocenters. The Morgan fingerprint density at radius 1 is 1.26 bits per heavy atom. The van der Waals surface area contributed by atoms with E-state index in [9.17, 15) is 14.0 Å². The zero-order chi connectivity index (χ0) is 19.6. The molecular formula is C21H22BrFN2O2. The van der Waals surface area contributed by atoms with Crippen LogP contribution in [0, 0.1) is 18.7 Å². The Morgan fingerprint density at radius 3 is 2.67 bits per heavy atom. The van der Waals surface area contributed by atoms with E-state index in [1.165, 1.54) is 16.5 Å². The van der Waals surface area contributed by atoms with Crippen molar-refractivity contribution in [2.24, 2.45) is 5.92 Å². The Kier molecular flexibility index (Phi) is 5.95. The van der Waals surface area contributed by atoms with E-state index in [1.54, 1.807) is 24.1 Å². The molecule has 0 saturated carbocycles. The molecule has 4 nitrogen and oxygen atoms in total. The third kappa shape index (κ3) is 4.75. The average Bonchev–Trinajstić information content (AvgIpc) is 3.00. The number of carbonyl (C=O) groups excluding carboxylic acids is 2. The molecule has 1 aliphatic rings. The first kappa shape index (κ1) is 19.5. The fourth-order valence-electron chi connectivity index (χ4n) is 3.31. The van der Waals surface area contributed by atoms with Crippen molar-refractivity contribution in [2.75, 3.05) is 13.6 Å². The number of aryl methyl sites for hydroxylation is 1. The molecule has 1 saturated heterocycles. The lowest BCUT2D eigenvalue weighted by atomic mass is 10.1. The molecule has 3 rings (SSSR count). The van der Waals surface area contributed by atoms with Gasteiger partial charge in [0, 0.05) is 43.1 Å². The topological polar surface area (TPSA) is 40.6 Å². The minimum Gasteiger partial charge on any atom is -0.341 e. The molecule has 0 radical (unpaired) electrons. The van der Waals surface area contributed by atoms with Gasteiger partial charge in [0.1, 0.15) is 5.82 Å². The molecule has 0 aliphatic carbocycles. The quantitative estimate of drug-likeness (QED) is 0.718. The molecule has 142 valence electrons. The zero-order valence-corrected chi connectivity index (χ0v) is 17.0. The first-order valence-corrected chi connectivity index (χ1v) is 9.65. The Labute approximate surface area is 167 Å². The highest BCUT2D eigenvalue weighted by atomic mass is 79.9. The van der Waals surface area contributed by atoms with Gasteiger partial charge in [-0.25, -0.2) is 4.39 Å². The Bertz CT molecular complexity index is 854. The first-order chi connectivity index (χ1) is 12.8. The summed E-state index contributed by atoms with van der Waals surface area (Å²) < 4.78 is 14.7. The maximum Gasteiger partial charge on any atom is 0.228 e. The van der Waals surface area contributed by atoms with Gasteiger partial charge < -0.3 is 9.80 Å². The van der Waals surface area contributed by atoms with Gasteiger partial charge in [-0.3, -0.25) is 9.59 Å². The van der Waals surface area contributed by atoms with Crippen molar-refractivity contribution in [1.82, 2.24) is 9.80 Å². The van der Waals surface area contributed by atoms with Crippen LogP contribution >= 0.6 is 15.9 Å². The average molecular weight is 433 g/mol. The summed E-state index contributed by atoms with van der Waals surface area (Å²) in [5.74, 6) is -0.880. The Hall–Kier alpha value is -2.21. The van der Waals surface area contributed by atoms with Crippen molar-refractivity contribution in [1.29, 1.82) is 0 Å². The predicted molar refractivity (Wildman–Crippen MR) is 105 cm³/mol. The highest BCUT2D eigenvalue weighted by Gasteiger charge is 2.35. The molecule has 0 spiro atoms. The van der Waals surface area contributed by atoms with E-state index in [0.29, 0.717) is 18.7 Å². The number of halogens is 2. The van der Waals surface area contributed by atoms with Crippen LogP contribution < -0.4 is 0 Å². The van der Waals surface area contributed by atoms with Crippen LogP contribution in [0.3, 0.4) is 0 Å². The number of amides is 2. The largest absolute Gasteiger partial charge is 0.341 e. The molecule has 1 fully saturated rings. The van der Waals surface area contributed by atoms with E-state index < -0.39 is 0 Å². The lowest BCUT2D eigenvalue weighted by Gasteiger charge is -2.22. The maximum absolute atomic E-state index is 13.9. The summed E-state index contributed by atoms with van der Waals surface area (Å²) in [6.07, 6.45) is 0.204. The molecule has 1 atom stereocenters. The minimum atomic E-state index is -0.386. The van der Waals surface area contributed by atoms with Crippen LogP contribution in [0.2, 0.25) is 0 Å². The van der Waals surface area contributed by atoms with E-state index in [4.69, 9.17) is 0 Å². The van der Waals surface area contributed by atoms with Crippen molar-refractivity contribution >= 4 is 27.7 Å². The van der Waals surface area contributed by atoms with E-state index >= 15 is 0 Å². The van der Waals surface area contributed by atoms with Gasteiger partial charge in [0.05, 0.1) is 5.92 Å². The van der Waals surface area contributed by atoms with Gasteiger partial charge in [-0.2, -0.15) is 0 Å². The summed E-state index contributed by atoms with van der Waals surface area (Å²) in [4.78, 5) is 28.3. The monoisotopic (exact) mass is 432 g/mol. The summed E-state index contributed by atoms with van der Waals surface area (Å²) in [6.45, 7) is 3.10. The fraction of sp³-hybridized carbons (Fsp3) is 0.333. The van der Waals surface area contributed by atoms with Gasteiger partial charge in [-0.15, -0.1) is 0 Å². The number of likely N-dealkylation sites (tertiary alicyclic amines) is 1. The second-order valence-electron chi connectivity index (χ2n) is 7.09. The molecule has 6 heteroatoms. The van der Waals surface area contributed by atoms with Gasteiger partial charge >= 0.3 is 0 Å². The normalized spacial score (nSPS) is 16.7. The highest BCUT2D eigenvalue weighted by molar-refractivity contribution is 9.10. The van der Waals surface area contributed by atoms with Crippen LogP contribution in [0.15, 0.2) is 46.9 Å². The molecule has 0 bridgehead atoms. The first-order valence-electron chi connectivity index (χ1n) is 8.85. The van der Waals surface area contributed by atoms with Crippen LogP contribution in [-0.2, 0) is 22.7 Å². The smallest absolute Gasteiger partial charge is 0.228 e. The Balaban J connectivity index is 1.62. The minimum absolute atomic E-state index is 0.0176. The van der Waals surface area contributed by atoms with Crippen molar-refractivity contribution in [3.05, 3.63) is 69.4 Å². The summed E-state index contributed by atoms with van der Waals surface area (Å²) in [6, 6.07) is 12.7. The number of rotatable bonds is 5. The molecule has 1 heterocycles. The van der Waals surface area contributed by atoms with Crippen molar-refractivity contribution in [2.45, 2.75) is 26.4 Å². The van der Waals surface area contributed by atoms with Crippen LogP contribution in [0.1, 0.15) is 23.1 Å². The van der Waals surface area contributed by atoms with Crippen molar-refractivity contribution < 1.29 is 14.0 Å². The third-order valence-electron chi connectivity index (χ3n) is 4.85. The molecule has 1 aliphatic heterocycles. The number of nitrogens with zero attached hydrogens (tertiary/aromatic N) is 2. The second kappa shape index (κ2) is 8.21. The second-order valence-corrected chi connectivity index (χ2v) is 8.01. The highest BCUT2D eigenvalue weighted by Crippen LogP contribution is 2.23. The van der Waals surface area contributed by atoms with Crippen molar-refractivity contribution in [3.8, 4) is 0 Å². The van der Waals surface area contributed by atoms with E-state index in [2.05, 4.69) is 15.9 Å². The van der Waals surface area contributed by atoms with Gasteiger partial charge in [-0.05, 0) is 30.7 Å². The number of benzene rings is 2. The van der Waals surface area contributed by atoms with Gasteiger partial charge in [-0.1, -0.05) is 45.8 Å². The lowest BCUT2D eigenvalue weighted by molar-refractivity contribution is -0.135. The molecule has 2 aromatic carbocycles. The standard InChI is InChI=1S/C21H22BrFN2O2/c1-14-3-5-15(6-4-14)11-25-13-17(10-20(25)26)21(27)24(2)12-16-9-18(22)7-8-19(16)23/h3-9,17H,10-13H2,1-2H3. The Morgan fingerprint density at radius 2 is 1.96 bits per heavy atom. The molecule has 2 aromatic rings. The number of hydrogen-bond donors (Lipinski definition) is 0. The fourth-order valence-corrected chi connectivity index (χ4v) is 3.72. The summed E-state index contributed by atoms with van der Waals surface area (Å²) >= 11 is 3.32. The summed E-state index contributed by atoms with van der Waals surface area (Å²) in [5, 5.41) is 0. The molecule has 0 aromatic heterocycles. The van der Waals surface area contributed by atoms with E-state index in [0.717, 1.165) is 10.0 Å². The van der Waals surface area contributed by atoms with E-state index in [1.807, 2.05) is 31.2 Å². The lowest BCUT2D eigenvalue weighted by Crippen LogP contribution is -2.34. The molecule has 2 amide bonds. The van der Waals surface area contributed by atoms with Crippen LogP contribution in [0.25, 0.3) is 0 Å². The van der Waals surface area contributed by atoms with Crippen LogP contribution in [-0.4, -0.2) is 35.2 Å². The predicted octanol–water partition coefficient (Wildman–Crippen LogP) is 3.90. The molecular weight excluding hydrogens is 411 g/mol. The van der Waals surface area contributed by atoms with Gasteiger partial charge in [0.15, 0.2) is 0 Å². The van der Waals surface area contributed by atoms with Crippen LogP contribution in [0.5, 0.6) is 0 Å². The zero-order valence-electron chi connectivity index (χ0n) is 15.4.